The van der Waals surface area contributed by atoms with Gasteiger partial charge in [-0.2, -0.15) is 0 Å². The molecular weight excluding hydrogens is 250 g/mol. The van der Waals surface area contributed by atoms with Crippen molar-refractivity contribution < 1.29 is 14.7 Å². The Kier molecular flexibility index (Phi) is 5.85. The molecule has 1 aromatic heterocycles. The molecule has 0 radical (unpaired) electrons. The van der Waals surface area contributed by atoms with Crippen LogP contribution in [0.4, 0.5) is 5.69 Å². The zero-order valence-electron chi connectivity index (χ0n) is 10.7. The quantitative estimate of drug-likeness (QED) is 0.794. The minimum atomic E-state index is -0.998. The molecule has 100 valence electrons. The minimum Gasteiger partial charge on any atom is -0.477 e. The van der Waals surface area contributed by atoms with Crippen molar-refractivity contribution in [3.05, 3.63) is 16.3 Å². The third kappa shape index (κ3) is 3.84. The average Bonchev–Trinajstić information content (AvgIpc) is 2.78. The van der Waals surface area contributed by atoms with Crippen LogP contribution in [-0.2, 0) is 4.79 Å². The number of nitrogens with one attached hydrogen (secondary N) is 1. The van der Waals surface area contributed by atoms with Crippen molar-refractivity contribution in [1.29, 1.82) is 0 Å². The minimum absolute atomic E-state index is 0.0357. The first-order valence-electron chi connectivity index (χ1n) is 6.21. The number of hydrogen-bond acceptors (Lipinski definition) is 3. The van der Waals surface area contributed by atoms with Crippen LogP contribution in [0, 0.1) is 5.92 Å². The Morgan fingerprint density at radius 1 is 1.44 bits per heavy atom. The highest BCUT2D eigenvalue weighted by molar-refractivity contribution is 7.12. The highest BCUT2D eigenvalue weighted by Gasteiger charge is 2.19. The number of carboxylic acids is 1. The highest BCUT2D eigenvalue weighted by Crippen LogP contribution is 2.24. The van der Waals surface area contributed by atoms with Gasteiger partial charge in [-0.1, -0.05) is 26.7 Å². The fourth-order valence-electron chi connectivity index (χ4n) is 1.78. The van der Waals surface area contributed by atoms with Crippen molar-refractivity contribution in [2.24, 2.45) is 5.92 Å². The van der Waals surface area contributed by atoms with E-state index in [4.69, 9.17) is 5.11 Å². The maximum atomic E-state index is 12.0. The zero-order chi connectivity index (χ0) is 13.5. The van der Waals surface area contributed by atoms with Crippen molar-refractivity contribution >= 4 is 28.9 Å². The Labute approximate surface area is 111 Å². The second-order valence-corrected chi connectivity index (χ2v) is 5.12. The molecule has 0 saturated carbocycles. The predicted octanol–water partition coefficient (Wildman–Crippen LogP) is 3.60. The van der Waals surface area contributed by atoms with E-state index in [0.717, 1.165) is 37.0 Å². The predicted molar refractivity (Wildman–Crippen MR) is 73.2 cm³/mol. The third-order valence-corrected chi connectivity index (χ3v) is 3.79. The van der Waals surface area contributed by atoms with E-state index in [-0.39, 0.29) is 16.7 Å². The standard InChI is InChI=1S/C13H19NO3S/c1-3-5-6-9(4-2)12(15)14-10-7-8-18-11(10)13(16)17/h7-9H,3-6H2,1-2H3,(H,14,15)(H,16,17). The lowest BCUT2D eigenvalue weighted by atomic mass is 9.98. The summed E-state index contributed by atoms with van der Waals surface area (Å²) in [6.07, 6.45) is 3.70. The number of thiophene rings is 1. The van der Waals surface area contributed by atoms with Gasteiger partial charge in [-0.15, -0.1) is 11.3 Å². The molecular formula is C13H19NO3S. The van der Waals surface area contributed by atoms with E-state index < -0.39 is 5.97 Å². The number of carbonyl (C=O) groups excluding carboxylic acids is 1. The number of unbranched alkanes of at least 4 members (excludes halogenated alkanes) is 1. The molecule has 0 saturated heterocycles. The third-order valence-electron chi connectivity index (χ3n) is 2.89. The van der Waals surface area contributed by atoms with E-state index in [0.29, 0.717) is 5.69 Å². The molecule has 0 bridgehead atoms. The fourth-order valence-corrected chi connectivity index (χ4v) is 2.47. The van der Waals surface area contributed by atoms with Gasteiger partial charge < -0.3 is 10.4 Å². The van der Waals surface area contributed by atoms with E-state index in [1.54, 1.807) is 11.4 Å². The van der Waals surface area contributed by atoms with E-state index in [1.165, 1.54) is 0 Å². The van der Waals surface area contributed by atoms with E-state index in [2.05, 4.69) is 12.2 Å². The molecule has 1 atom stereocenters. The first-order valence-corrected chi connectivity index (χ1v) is 7.09. The molecule has 0 spiro atoms. The molecule has 0 fully saturated rings. The zero-order valence-corrected chi connectivity index (χ0v) is 11.5. The molecule has 1 amide bonds. The summed E-state index contributed by atoms with van der Waals surface area (Å²) in [7, 11) is 0. The van der Waals surface area contributed by atoms with E-state index in [9.17, 15) is 9.59 Å². The van der Waals surface area contributed by atoms with Gasteiger partial charge in [0, 0.05) is 5.92 Å². The summed E-state index contributed by atoms with van der Waals surface area (Å²) in [6, 6.07) is 1.64. The Bertz CT molecular complexity index is 414. The van der Waals surface area contributed by atoms with Gasteiger partial charge in [-0.25, -0.2) is 4.79 Å². The van der Waals surface area contributed by atoms with Crippen LogP contribution < -0.4 is 5.32 Å². The van der Waals surface area contributed by atoms with Crippen LogP contribution in [0.3, 0.4) is 0 Å². The van der Waals surface area contributed by atoms with Crippen molar-refractivity contribution in [2.45, 2.75) is 39.5 Å². The summed E-state index contributed by atoms with van der Waals surface area (Å²) < 4.78 is 0. The molecule has 5 heteroatoms. The Morgan fingerprint density at radius 2 is 2.17 bits per heavy atom. The van der Waals surface area contributed by atoms with Gasteiger partial charge in [-0.3, -0.25) is 4.79 Å². The molecule has 1 unspecified atom stereocenters. The van der Waals surface area contributed by atoms with Gasteiger partial charge in [0.15, 0.2) is 0 Å². The molecule has 0 aliphatic heterocycles. The first-order chi connectivity index (χ1) is 8.60. The summed E-state index contributed by atoms with van der Waals surface area (Å²) in [6.45, 7) is 4.07. The Hall–Kier alpha value is -1.36. The second-order valence-electron chi connectivity index (χ2n) is 4.21. The van der Waals surface area contributed by atoms with Gasteiger partial charge in [0.2, 0.25) is 5.91 Å². The largest absolute Gasteiger partial charge is 0.477 e. The molecule has 1 heterocycles. The van der Waals surface area contributed by atoms with Crippen LogP contribution in [0.1, 0.15) is 49.2 Å². The van der Waals surface area contributed by atoms with Crippen molar-refractivity contribution in [3.63, 3.8) is 0 Å². The van der Waals surface area contributed by atoms with Gasteiger partial charge in [0.05, 0.1) is 5.69 Å². The number of carbonyl (C=O) groups is 2. The fraction of sp³-hybridized carbons (Fsp3) is 0.538. The normalized spacial score (nSPS) is 12.1. The summed E-state index contributed by atoms with van der Waals surface area (Å²) in [5.41, 5.74) is 0.410. The average molecular weight is 269 g/mol. The number of carboxylic acid groups (broad SMARTS) is 1. The number of rotatable bonds is 7. The topological polar surface area (TPSA) is 66.4 Å². The molecule has 1 rings (SSSR count). The van der Waals surface area contributed by atoms with Crippen LogP contribution in [0.25, 0.3) is 0 Å². The SMILES string of the molecule is CCCCC(CC)C(=O)Nc1ccsc1C(=O)O. The molecule has 0 aliphatic rings. The Balaban J connectivity index is 2.67. The number of anilines is 1. The monoisotopic (exact) mass is 269 g/mol. The lowest BCUT2D eigenvalue weighted by molar-refractivity contribution is -0.120. The maximum Gasteiger partial charge on any atom is 0.348 e. The summed E-state index contributed by atoms with van der Waals surface area (Å²) >= 11 is 1.12. The van der Waals surface area contributed by atoms with Gasteiger partial charge in [0.1, 0.15) is 4.88 Å². The van der Waals surface area contributed by atoms with Crippen molar-refractivity contribution in [2.75, 3.05) is 5.32 Å². The number of aromatic carboxylic acids is 1. The van der Waals surface area contributed by atoms with Crippen LogP contribution in [0.15, 0.2) is 11.4 Å². The maximum absolute atomic E-state index is 12.0. The lowest BCUT2D eigenvalue weighted by Gasteiger charge is -2.14. The van der Waals surface area contributed by atoms with Crippen molar-refractivity contribution in [1.82, 2.24) is 0 Å². The highest BCUT2D eigenvalue weighted by atomic mass is 32.1. The second kappa shape index (κ2) is 7.16. The van der Waals surface area contributed by atoms with Gasteiger partial charge in [-0.05, 0) is 24.3 Å². The van der Waals surface area contributed by atoms with Crippen molar-refractivity contribution in [3.8, 4) is 0 Å². The molecule has 18 heavy (non-hydrogen) atoms. The van der Waals surface area contributed by atoms with Gasteiger partial charge in [0.25, 0.3) is 0 Å². The Morgan fingerprint density at radius 3 is 2.72 bits per heavy atom. The summed E-state index contributed by atoms with van der Waals surface area (Å²) in [5, 5.41) is 13.4. The molecule has 0 aliphatic carbocycles. The summed E-state index contributed by atoms with van der Waals surface area (Å²) in [4.78, 5) is 23.1. The molecule has 4 nitrogen and oxygen atoms in total. The van der Waals surface area contributed by atoms with Gasteiger partial charge >= 0.3 is 5.97 Å². The summed E-state index contributed by atoms with van der Waals surface area (Å²) in [5.74, 6) is -1.11. The van der Waals surface area contributed by atoms with Crippen LogP contribution in [-0.4, -0.2) is 17.0 Å². The lowest BCUT2D eigenvalue weighted by Crippen LogP contribution is -2.22. The molecule has 0 aromatic carbocycles. The van der Waals surface area contributed by atoms with Crippen LogP contribution in [0.5, 0.6) is 0 Å². The van der Waals surface area contributed by atoms with Crippen LogP contribution >= 0.6 is 11.3 Å². The first kappa shape index (κ1) is 14.7. The van der Waals surface area contributed by atoms with Crippen LogP contribution in [0.2, 0.25) is 0 Å². The smallest absolute Gasteiger partial charge is 0.348 e. The van der Waals surface area contributed by atoms with E-state index in [1.807, 2.05) is 6.92 Å². The number of amides is 1. The molecule has 2 N–H and O–H groups in total. The number of hydrogen-bond donors (Lipinski definition) is 2. The molecule has 1 aromatic rings. The van der Waals surface area contributed by atoms with E-state index >= 15 is 0 Å².